The number of carbonyl (C=O) groups excluding carboxylic acids is 3. The predicted octanol–water partition coefficient (Wildman–Crippen LogP) is 4.80. The summed E-state index contributed by atoms with van der Waals surface area (Å²) in [7, 11) is -3.96. The molecule has 0 atom stereocenters. The van der Waals surface area contributed by atoms with Crippen molar-refractivity contribution < 1.29 is 32.3 Å². The predicted molar refractivity (Wildman–Crippen MR) is 148 cm³/mol. The Morgan fingerprint density at radius 1 is 1.00 bits per heavy atom. The molecule has 0 saturated heterocycles. The molecule has 3 aromatic rings. The first-order valence-electron chi connectivity index (χ1n) is 12.4. The van der Waals surface area contributed by atoms with E-state index < -0.39 is 28.0 Å². The largest absolute Gasteiger partial charge is 0.462 e. The Bertz CT molecular complexity index is 1500. The summed E-state index contributed by atoms with van der Waals surface area (Å²) in [6.07, 6.45) is -0.0590. The fourth-order valence-electron chi connectivity index (χ4n) is 4.14. The van der Waals surface area contributed by atoms with Crippen LogP contribution in [0, 0.1) is 6.92 Å². The smallest absolute Gasteiger partial charge is 0.410 e. The van der Waals surface area contributed by atoms with E-state index in [1.54, 1.807) is 38.1 Å². The molecule has 1 aromatic heterocycles. The van der Waals surface area contributed by atoms with Gasteiger partial charge in [0.05, 0.1) is 41.5 Å². The molecule has 39 heavy (non-hydrogen) atoms. The fraction of sp³-hybridized carbons (Fsp3) is 0.296. The Labute approximate surface area is 231 Å². The van der Waals surface area contributed by atoms with Gasteiger partial charge in [-0.15, -0.1) is 11.3 Å². The second kappa shape index (κ2) is 11.9. The number of amides is 2. The zero-order chi connectivity index (χ0) is 28.2. The van der Waals surface area contributed by atoms with E-state index in [9.17, 15) is 22.8 Å². The molecule has 1 aliphatic rings. The van der Waals surface area contributed by atoms with Crippen molar-refractivity contribution in [3.05, 3.63) is 75.7 Å². The molecule has 0 radical (unpaired) electrons. The molecule has 2 heterocycles. The molecule has 2 amide bonds. The maximum Gasteiger partial charge on any atom is 0.410 e. The molecular formula is C27H29N3O7S2. The number of ether oxygens (including phenoxy) is 2. The standard InChI is InChI=1S/C27H29N3O7S2/c1-4-36-26(32)23-20-14-15-30(27(33)37-5-2)16-22(20)38-25(23)28-24(31)19-8-6-7-9-21(19)29-39(34,35)18-12-10-17(3)11-13-18/h6-13,29H,4-5,14-16H2,1-3H3,(H,28,31). The van der Waals surface area contributed by atoms with Crippen LogP contribution in [0.1, 0.15) is 50.6 Å². The number of esters is 1. The number of anilines is 2. The number of aryl methyl sites for hydroxylation is 1. The molecule has 206 valence electrons. The van der Waals surface area contributed by atoms with Crippen molar-refractivity contribution in [1.82, 2.24) is 4.90 Å². The number of nitrogens with zero attached hydrogens (tertiary/aromatic N) is 1. The number of rotatable bonds is 8. The number of fused-ring (bicyclic) bond motifs is 1. The highest BCUT2D eigenvalue weighted by Gasteiger charge is 2.32. The lowest BCUT2D eigenvalue weighted by molar-refractivity contribution is 0.0526. The molecule has 4 rings (SSSR count). The van der Waals surface area contributed by atoms with Gasteiger partial charge in [-0.25, -0.2) is 18.0 Å². The minimum absolute atomic E-state index is 0.0602. The highest BCUT2D eigenvalue weighted by atomic mass is 32.2. The Balaban J connectivity index is 1.63. The summed E-state index contributed by atoms with van der Waals surface area (Å²) in [6.45, 7) is 6.24. The number of hydrogen-bond acceptors (Lipinski definition) is 8. The second-order valence-electron chi connectivity index (χ2n) is 8.72. The maximum atomic E-state index is 13.4. The van der Waals surface area contributed by atoms with Gasteiger partial charge in [-0.1, -0.05) is 29.8 Å². The maximum absolute atomic E-state index is 13.4. The van der Waals surface area contributed by atoms with Crippen LogP contribution in [0.25, 0.3) is 0 Å². The lowest BCUT2D eigenvalue weighted by Gasteiger charge is -2.26. The van der Waals surface area contributed by atoms with Crippen LogP contribution in [0.5, 0.6) is 0 Å². The van der Waals surface area contributed by atoms with Crippen molar-refractivity contribution in [2.24, 2.45) is 0 Å². The quantitative estimate of drug-likeness (QED) is 0.371. The van der Waals surface area contributed by atoms with Gasteiger partial charge in [0.15, 0.2) is 0 Å². The summed E-state index contributed by atoms with van der Waals surface area (Å²) in [6, 6.07) is 12.6. The third kappa shape index (κ3) is 6.23. The van der Waals surface area contributed by atoms with Crippen LogP contribution in [-0.4, -0.2) is 51.0 Å². The van der Waals surface area contributed by atoms with Crippen LogP contribution in [0.2, 0.25) is 0 Å². The van der Waals surface area contributed by atoms with Crippen molar-refractivity contribution in [2.75, 3.05) is 29.8 Å². The molecule has 0 saturated carbocycles. The number of hydrogen-bond donors (Lipinski definition) is 2. The van der Waals surface area contributed by atoms with E-state index in [0.29, 0.717) is 18.5 Å². The number of carbonyl (C=O) groups is 3. The molecule has 12 heteroatoms. The fourth-order valence-corrected chi connectivity index (χ4v) is 6.47. The van der Waals surface area contributed by atoms with Crippen LogP contribution in [0.15, 0.2) is 53.4 Å². The Morgan fingerprint density at radius 3 is 2.38 bits per heavy atom. The van der Waals surface area contributed by atoms with Crippen molar-refractivity contribution in [1.29, 1.82) is 0 Å². The van der Waals surface area contributed by atoms with Crippen LogP contribution in [0.3, 0.4) is 0 Å². The molecule has 0 unspecified atom stereocenters. The van der Waals surface area contributed by atoms with E-state index in [1.807, 2.05) is 6.92 Å². The monoisotopic (exact) mass is 571 g/mol. The number of benzene rings is 2. The van der Waals surface area contributed by atoms with Gasteiger partial charge in [0.2, 0.25) is 0 Å². The van der Waals surface area contributed by atoms with Crippen molar-refractivity contribution in [3.8, 4) is 0 Å². The number of nitrogens with one attached hydrogen (secondary N) is 2. The van der Waals surface area contributed by atoms with Crippen molar-refractivity contribution in [2.45, 2.75) is 38.6 Å². The SMILES string of the molecule is CCOC(=O)c1c(NC(=O)c2ccccc2NS(=O)(=O)c2ccc(C)cc2)sc2c1CCN(C(=O)OCC)C2. The summed E-state index contributed by atoms with van der Waals surface area (Å²) >= 11 is 1.17. The van der Waals surface area contributed by atoms with E-state index in [1.165, 1.54) is 40.5 Å². The molecule has 0 bridgehead atoms. The molecule has 2 aromatic carbocycles. The van der Waals surface area contributed by atoms with E-state index in [2.05, 4.69) is 10.0 Å². The summed E-state index contributed by atoms with van der Waals surface area (Å²) in [5.41, 5.74) is 2.02. The summed E-state index contributed by atoms with van der Waals surface area (Å²) in [5.74, 6) is -1.19. The number of para-hydroxylation sites is 1. The van der Waals surface area contributed by atoms with Gasteiger partial charge in [-0.3, -0.25) is 9.52 Å². The van der Waals surface area contributed by atoms with Gasteiger partial charge in [-0.05, 0) is 57.0 Å². The first kappa shape index (κ1) is 28.1. The first-order valence-corrected chi connectivity index (χ1v) is 14.7. The zero-order valence-electron chi connectivity index (χ0n) is 21.8. The third-order valence-electron chi connectivity index (χ3n) is 6.04. The third-order valence-corrected chi connectivity index (χ3v) is 8.55. The van der Waals surface area contributed by atoms with Crippen molar-refractivity contribution >= 4 is 50.0 Å². The van der Waals surface area contributed by atoms with Crippen LogP contribution in [0.4, 0.5) is 15.5 Å². The number of thiophene rings is 1. The summed E-state index contributed by atoms with van der Waals surface area (Å²) < 4.78 is 38.8. The molecular weight excluding hydrogens is 542 g/mol. The zero-order valence-corrected chi connectivity index (χ0v) is 23.4. The van der Waals surface area contributed by atoms with E-state index in [0.717, 1.165) is 10.4 Å². The van der Waals surface area contributed by atoms with Gasteiger partial charge in [0.25, 0.3) is 15.9 Å². The van der Waals surface area contributed by atoms with Gasteiger partial charge in [-0.2, -0.15) is 0 Å². The van der Waals surface area contributed by atoms with Gasteiger partial charge < -0.3 is 19.7 Å². The van der Waals surface area contributed by atoms with E-state index >= 15 is 0 Å². The Morgan fingerprint density at radius 2 is 1.69 bits per heavy atom. The van der Waals surface area contributed by atoms with Crippen LogP contribution < -0.4 is 10.0 Å². The van der Waals surface area contributed by atoms with Crippen molar-refractivity contribution in [3.63, 3.8) is 0 Å². The molecule has 0 aliphatic carbocycles. The minimum Gasteiger partial charge on any atom is -0.462 e. The van der Waals surface area contributed by atoms with Gasteiger partial charge in [0, 0.05) is 11.4 Å². The molecule has 1 aliphatic heterocycles. The second-order valence-corrected chi connectivity index (χ2v) is 11.5. The van der Waals surface area contributed by atoms with Crippen LogP contribution >= 0.6 is 11.3 Å². The van der Waals surface area contributed by atoms with E-state index in [4.69, 9.17) is 9.47 Å². The molecule has 2 N–H and O–H groups in total. The summed E-state index contributed by atoms with van der Waals surface area (Å²) in [4.78, 5) is 40.9. The van der Waals surface area contributed by atoms with Crippen LogP contribution in [-0.2, 0) is 32.5 Å². The van der Waals surface area contributed by atoms with E-state index in [-0.39, 0.29) is 46.5 Å². The first-order chi connectivity index (χ1) is 18.6. The average molecular weight is 572 g/mol. The molecule has 0 spiro atoms. The Hall–Kier alpha value is -3.90. The highest BCUT2D eigenvalue weighted by Crippen LogP contribution is 2.38. The normalized spacial score (nSPS) is 12.8. The molecule has 10 nitrogen and oxygen atoms in total. The van der Waals surface area contributed by atoms with Gasteiger partial charge in [0.1, 0.15) is 5.00 Å². The average Bonchev–Trinajstić information content (AvgIpc) is 3.26. The topological polar surface area (TPSA) is 131 Å². The Kier molecular flexibility index (Phi) is 8.56. The lowest BCUT2D eigenvalue weighted by Crippen LogP contribution is -2.36. The summed E-state index contributed by atoms with van der Waals surface area (Å²) in [5, 5.41) is 3.04. The lowest BCUT2D eigenvalue weighted by atomic mass is 10.0. The minimum atomic E-state index is -3.96. The molecule has 0 fully saturated rings. The highest BCUT2D eigenvalue weighted by molar-refractivity contribution is 7.92. The number of sulfonamides is 1. The van der Waals surface area contributed by atoms with Gasteiger partial charge >= 0.3 is 12.1 Å².